The number of benzene rings is 2. The molecule has 2 atom stereocenters. The lowest BCUT2D eigenvalue weighted by molar-refractivity contribution is -0.739. The fourth-order valence-corrected chi connectivity index (χ4v) is 3.66. The van der Waals surface area contributed by atoms with Gasteiger partial charge in [-0.15, -0.1) is 10.2 Å². The summed E-state index contributed by atoms with van der Waals surface area (Å²) in [7, 11) is 0. The van der Waals surface area contributed by atoms with Crippen LogP contribution in [0.2, 0.25) is 0 Å². The standard InChI is InChI=1S/C24H30N4O3/c1-5-6-7-18-8-10-19(11-9-18)22(16(2)3)25-17(4)23-26-27-24(31-23)20-12-14-21(15-13-20)28(29)30/h8-17,22,25H,5-7H2,1-4H3/p+1/t17-,22-/m1/s1. The zero-order valence-electron chi connectivity index (χ0n) is 18.6. The van der Waals surface area contributed by atoms with Crippen molar-refractivity contribution in [2.45, 2.75) is 59.0 Å². The summed E-state index contributed by atoms with van der Waals surface area (Å²) in [5, 5.41) is 21.5. The van der Waals surface area contributed by atoms with Crippen molar-refractivity contribution in [2.24, 2.45) is 5.92 Å². The number of aromatic nitrogens is 2. The highest BCUT2D eigenvalue weighted by molar-refractivity contribution is 5.55. The first-order valence-corrected chi connectivity index (χ1v) is 10.9. The number of nitro groups is 1. The zero-order valence-corrected chi connectivity index (χ0v) is 18.6. The Balaban J connectivity index is 1.71. The molecular weight excluding hydrogens is 392 g/mol. The van der Waals surface area contributed by atoms with Crippen molar-refractivity contribution in [3.8, 4) is 11.5 Å². The van der Waals surface area contributed by atoms with Gasteiger partial charge in [-0.3, -0.25) is 10.1 Å². The first-order chi connectivity index (χ1) is 14.9. The molecule has 0 amide bonds. The van der Waals surface area contributed by atoms with Crippen LogP contribution in [0.3, 0.4) is 0 Å². The van der Waals surface area contributed by atoms with E-state index in [1.165, 1.54) is 36.1 Å². The summed E-state index contributed by atoms with van der Waals surface area (Å²) in [4.78, 5) is 10.4. The third kappa shape index (κ3) is 5.76. The smallest absolute Gasteiger partial charge is 0.274 e. The number of nitro benzene ring substituents is 1. The Morgan fingerprint density at radius 2 is 1.71 bits per heavy atom. The monoisotopic (exact) mass is 423 g/mol. The van der Waals surface area contributed by atoms with Gasteiger partial charge in [0.15, 0.2) is 6.04 Å². The lowest BCUT2D eigenvalue weighted by Gasteiger charge is -2.22. The number of non-ortho nitro benzene ring substituents is 1. The van der Waals surface area contributed by atoms with Crippen molar-refractivity contribution in [1.82, 2.24) is 10.2 Å². The predicted molar refractivity (Wildman–Crippen MR) is 119 cm³/mol. The van der Waals surface area contributed by atoms with Crippen molar-refractivity contribution in [3.63, 3.8) is 0 Å². The van der Waals surface area contributed by atoms with Gasteiger partial charge in [-0.25, -0.2) is 0 Å². The SMILES string of the molecule is CCCCc1ccc([C@H]([NH2+][C@H](C)c2nnc(-c3ccc([N+](=O)[O-])cc3)o2)C(C)C)cc1. The van der Waals surface area contributed by atoms with Crippen LogP contribution in [0.4, 0.5) is 5.69 Å². The van der Waals surface area contributed by atoms with Crippen LogP contribution >= 0.6 is 0 Å². The van der Waals surface area contributed by atoms with Crippen LogP contribution in [0, 0.1) is 16.0 Å². The highest BCUT2D eigenvalue weighted by Gasteiger charge is 2.26. The van der Waals surface area contributed by atoms with E-state index >= 15 is 0 Å². The van der Waals surface area contributed by atoms with Crippen molar-refractivity contribution in [2.75, 3.05) is 0 Å². The lowest BCUT2D eigenvalue weighted by Crippen LogP contribution is -2.86. The lowest BCUT2D eigenvalue weighted by atomic mass is 9.94. The quantitative estimate of drug-likeness (QED) is 0.365. The van der Waals surface area contributed by atoms with Crippen LogP contribution in [0.5, 0.6) is 0 Å². The molecule has 31 heavy (non-hydrogen) atoms. The molecule has 0 saturated carbocycles. The van der Waals surface area contributed by atoms with Crippen molar-refractivity contribution >= 4 is 5.69 Å². The fraction of sp³-hybridized carbons (Fsp3) is 0.417. The molecule has 0 aliphatic rings. The van der Waals surface area contributed by atoms with E-state index in [4.69, 9.17) is 4.42 Å². The van der Waals surface area contributed by atoms with Crippen molar-refractivity contribution in [1.29, 1.82) is 0 Å². The maximum absolute atomic E-state index is 10.8. The second-order valence-corrected chi connectivity index (χ2v) is 8.35. The van der Waals surface area contributed by atoms with Crippen molar-refractivity contribution < 1.29 is 14.7 Å². The molecule has 0 spiro atoms. The number of nitrogens with zero attached hydrogens (tertiary/aromatic N) is 3. The Bertz CT molecular complexity index is 981. The first kappa shape index (κ1) is 22.6. The Labute approximate surface area is 183 Å². The van der Waals surface area contributed by atoms with Crippen LogP contribution in [0.1, 0.15) is 69.6 Å². The minimum absolute atomic E-state index is 0.0218. The molecule has 7 nitrogen and oxygen atoms in total. The van der Waals surface area contributed by atoms with Gasteiger partial charge in [0.1, 0.15) is 6.04 Å². The van der Waals surface area contributed by atoms with Gasteiger partial charge >= 0.3 is 0 Å². The number of quaternary nitrogens is 1. The molecule has 1 aromatic heterocycles. The van der Waals surface area contributed by atoms with E-state index in [-0.39, 0.29) is 17.8 Å². The van der Waals surface area contributed by atoms with E-state index in [1.807, 2.05) is 0 Å². The largest absolute Gasteiger partial charge is 0.415 e. The summed E-state index contributed by atoms with van der Waals surface area (Å²) in [5.74, 6) is 1.34. The molecule has 2 N–H and O–H groups in total. The molecular formula is C24H31N4O3+. The number of hydrogen-bond donors (Lipinski definition) is 1. The van der Waals surface area contributed by atoms with Gasteiger partial charge in [0.05, 0.1) is 4.92 Å². The molecule has 0 aliphatic heterocycles. The number of hydrogen-bond acceptors (Lipinski definition) is 5. The van der Waals surface area contributed by atoms with Crippen LogP contribution in [0.25, 0.3) is 11.5 Å². The van der Waals surface area contributed by atoms with E-state index < -0.39 is 4.92 Å². The van der Waals surface area contributed by atoms with E-state index in [9.17, 15) is 10.1 Å². The van der Waals surface area contributed by atoms with E-state index in [2.05, 4.69) is 67.5 Å². The molecule has 0 unspecified atom stereocenters. The summed E-state index contributed by atoms with van der Waals surface area (Å²) in [6.07, 6.45) is 3.54. The average molecular weight is 424 g/mol. The second kappa shape index (κ2) is 10.3. The van der Waals surface area contributed by atoms with Crippen molar-refractivity contribution in [3.05, 3.63) is 75.7 Å². The molecule has 0 radical (unpaired) electrons. The molecule has 2 aromatic carbocycles. The van der Waals surface area contributed by atoms with E-state index in [0.29, 0.717) is 23.3 Å². The molecule has 0 aliphatic carbocycles. The number of rotatable bonds is 10. The van der Waals surface area contributed by atoms with Gasteiger partial charge in [0, 0.05) is 29.2 Å². The predicted octanol–water partition coefficient (Wildman–Crippen LogP) is 5.01. The normalized spacial score (nSPS) is 13.3. The Hall–Kier alpha value is -3.06. The van der Waals surface area contributed by atoms with E-state index in [1.54, 1.807) is 12.1 Å². The summed E-state index contributed by atoms with van der Waals surface area (Å²) in [6, 6.07) is 15.3. The second-order valence-electron chi connectivity index (χ2n) is 8.35. The first-order valence-electron chi connectivity index (χ1n) is 10.9. The number of unbranched alkanes of at least 4 members (excludes halogenated alkanes) is 1. The van der Waals surface area contributed by atoms with Gasteiger partial charge < -0.3 is 9.73 Å². The zero-order chi connectivity index (χ0) is 22.4. The molecule has 0 saturated heterocycles. The summed E-state index contributed by atoms with van der Waals surface area (Å²) in [6.45, 7) is 8.70. The van der Waals surface area contributed by atoms with Crippen LogP contribution in [-0.4, -0.2) is 15.1 Å². The van der Waals surface area contributed by atoms with Crippen LogP contribution in [-0.2, 0) is 6.42 Å². The maximum Gasteiger partial charge on any atom is 0.274 e. The Morgan fingerprint density at radius 3 is 2.29 bits per heavy atom. The molecule has 3 rings (SSSR count). The third-order valence-electron chi connectivity index (χ3n) is 5.55. The van der Waals surface area contributed by atoms with Gasteiger partial charge in [-0.05, 0) is 37.5 Å². The topological polar surface area (TPSA) is 98.7 Å². The molecule has 1 heterocycles. The Morgan fingerprint density at radius 1 is 1.03 bits per heavy atom. The molecule has 0 bridgehead atoms. The molecule has 164 valence electrons. The van der Waals surface area contributed by atoms with Crippen LogP contribution in [0.15, 0.2) is 52.9 Å². The summed E-state index contributed by atoms with van der Waals surface area (Å²) < 4.78 is 5.89. The summed E-state index contributed by atoms with van der Waals surface area (Å²) >= 11 is 0. The van der Waals surface area contributed by atoms with Gasteiger partial charge in [-0.2, -0.15) is 0 Å². The minimum atomic E-state index is -0.428. The van der Waals surface area contributed by atoms with Crippen LogP contribution < -0.4 is 5.32 Å². The summed E-state index contributed by atoms with van der Waals surface area (Å²) in [5.41, 5.74) is 3.37. The fourth-order valence-electron chi connectivity index (χ4n) is 3.66. The van der Waals surface area contributed by atoms with E-state index in [0.717, 1.165) is 6.42 Å². The maximum atomic E-state index is 10.8. The van der Waals surface area contributed by atoms with Gasteiger partial charge in [0.25, 0.3) is 11.6 Å². The molecule has 7 heteroatoms. The van der Waals surface area contributed by atoms with Gasteiger partial charge in [0.2, 0.25) is 5.89 Å². The number of aryl methyl sites for hydroxylation is 1. The Kier molecular flexibility index (Phi) is 7.52. The average Bonchev–Trinajstić information content (AvgIpc) is 3.26. The molecule has 3 aromatic rings. The highest BCUT2D eigenvalue weighted by atomic mass is 16.6. The van der Waals surface area contributed by atoms with Gasteiger partial charge in [-0.1, -0.05) is 51.5 Å². The highest BCUT2D eigenvalue weighted by Crippen LogP contribution is 2.24. The number of nitrogens with two attached hydrogens (primary N) is 1. The molecule has 0 fully saturated rings. The third-order valence-corrected chi connectivity index (χ3v) is 5.55. The minimum Gasteiger partial charge on any atom is -0.415 e.